The van der Waals surface area contributed by atoms with E-state index in [2.05, 4.69) is 116 Å². The molecule has 65 heavy (non-hydrogen) atoms. The molecule has 3 aromatic rings. The van der Waals surface area contributed by atoms with Crippen LogP contribution >= 0.6 is 0 Å². The fourth-order valence-electron chi connectivity index (χ4n) is 14.3. The Balaban J connectivity index is 0.881. The van der Waals surface area contributed by atoms with Crippen LogP contribution in [0.1, 0.15) is 117 Å². The average Bonchev–Trinajstić information content (AvgIpc) is 4.03. The molecule has 5 N–H and O–H groups in total. The van der Waals surface area contributed by atoms with Gasteiger partial charge in [0.05, 0.1) is 12.4 Å². The number of imidazole rings is 1. The molecule has 4 aliphatic carbocycles. The average molecular weight is 906 g/mol. The van der Waals surface area contributed by atoms with Crippen LogP contribution in [-0.4, -0.2) is 104 Å². The van der Waals surface area contributed by atoms with Gasteiger partial charge in [0.15, 0.2) is 0 Å². The van der Waals surface area contributed by atoms with E-state index in [4.69, 9.17) is 10.2 Å². The maximum absolute atomic E-state index is 13.8. The van der Waals surface area contributed by atoms with Crippen molar-refractivity contribution in [1.29, 1.82) is 0 Å². The first-order valence-electron chi connectivity index (χ1n) is 25.1. The van der Waals surface area contributed by atoms with E-state index in [1.165, 1.54) is 55.3 Å². The van der Waals surface area contributed by atoms with E-state index in [9.17, 15) is 14.4 Å². The summed E-state index contributed by atoms with van der Waals surface area (Å²) in [6.45, 7) is 13.9. The topological polar surface area (TPSA) is 146 Å². The van der Waals surface area contributed by atoms with Gasteiger partial charge < -0.3 is 35.6 Å². The Morgan fingerprint density at radius 3 is 2.25 bits per heavy atom. The van der Waals surface area contributed by atoms with Gasteiger partial charge >= 0.3 is 0 Å². The molecule has 3 amide bonds. The number of rotatable bonds is 15. The zero-order valence-electron chi connectivity index (χ0n) is 40.5. The van der Waals surface area contributed by atoms with E-state index in [-0.39, 0.29) is 46.9 Å². The van der Waals surface area contributed by atoms with Crippen LogP contribution in [0.5, 0.6) is 0 Å². The fourth-order valence-corrected chi connectivity index (χ4v) is 19.1. The SMILES string of the molecule is CN(C)CCNC(=O)[C@@H]1C[C@H](NC(=O)CCC2CCC3C4CCC5C[C@H](O[Si](c6ccccc6)(c6ccccc6)C(C)(C)C)CC[C@]5(C)C4CC[C@]23C)CN1C(=O)C(N)Cc1cnc[nH]1. The molecular formula is C53H79N7O4Si. The maximum Gasteiger partial charge on any atom is 0.261 e. The van der Waals surface area contributed by atoms with Crippen LogP contribution in [0.15, 0.2) is 73.2 Å². The first kappa shape index (κ1) is 47.6. The Labute approximate surface area is 390 Å². The van der Waals surface area contributed by atoms with E-state index < -0.39 is 20.4 Å². The normalized spacial score (nSPS) is 31.7. The third-order valence-electron chi connectivity index (χ3n) is 17.7. The Bertz CT molecular complexity index is 2040. The van der Waals surface area contributed by atoms with E-state index in [1.54, 1.807) is 17.4 Å². The number of hydrogen-bond acceptors (Lipinski definition) is 7. The van der Waals surface area contributed by atoms with Gasteiger partial charge in [-0.15, -0.1) is 0 Å². The van der Waals surface area contributed by atoms with Crippen LogP contribution < -0.4 is 26.7 Å². The summed E-state index contributed by atoms with van der Waals surface area (Å²) in [5, 5.41) is 8.99. The molecule has 1 saturated heterocycles. The van der Waals surface area contributed by atoms with Gasteiger partial charge in [-0.3, -0.25) is 14.4 Å². The highest BCUT2D eigenvalue weighted by molar-refractivity contribution is 6.99. The van der Waals surface area contributed by atoms with Crippen molar-refractivity contribution < 1.29 is 18.8 Å². The summed E-state index contributed by atoms with van der Waals surface area (Å²) in [6, 6.07) is 20.5. The second kappa shape index (κ2) is 19.4. The van der Waals surface area contributed by atoms with Crippen LogP contribution in [0.4, 0.5) is 0 Å². The standard InChI is InChI=1S/C53H79N7O4Si/c1-51(2,3)65(41-14-10-8-11-15-41,42-16-12-9-13-17-42)64-40-24-26-53(5)37(30-40)18-21-43-44-22-19-36(52(44,4)27-25-45(43)53)20-23-48(61)58-39-32-47(49(62)56-28-29-59(6)7)60(34-39)50(63)46(54)31-38-33-55-35-57-38/h8-17,33,35-37,39-40,43-47H,18-32,34,54H2,1-7H3,(H,55,57)(H,56,62)(H,58,61)/t36?,37?,39-,40+,43?,44?,45?,46?,47-,52+,53-/m0/s1. The van der Waals surface area contributed by atoms with Crippen molar-refractivity contribution in [1.82, 2.24) is 30.4 Å². The predicted octanol–water partition coefficient (Wildman–Crippen LogP) is 6.43. The number of nitrogens with zero attached hydrogens (tertiary/aromatic N) is 3. The number of carbonyl (C=O) groups excluding carboxylic acids is 3. The number of aromatic nitrogens is 2. The summed E-state index contributed by atoms with van der Waals surface area (Å²) in [5.74, 6) is 2.96. The number of benzene rings is 2. The van der Waals surface area contributed by atoms with Crippen molar-refractivity contribution in [2.24, 2.45) is 46.2 Å². The van der Waals surface area contributed by atoms with Gasteiger partial charge in [-0.05, 0) is 141 Å². The number of fused-ring (bicyclic) bond motifs is 5. The molecule has 0 radical (unpaired) electrons. The van der Waals surface area contributed by atoms with E-state index in [0.29, 0.717) is 55.5 Å². The molecule has 2 heterocycles. The van der Waals surface area contributed by atoms with E-state index >= 15 is 0 Å². The number of aromatic amines is 1. The zero-order chi connectivity index (χ0) is 46.1. The smallest absolute Gasteiger partial charge is 0.261 e. The molecule has 8 rings (SSSR count). The monoisotopic (exact) mass is 906 g/mol. The first-order valence-corrected chi connectivity index (χ1v) is 27.0. The van der Waals surface area contributed by atoms with Crippen molar-refractivity contribution in [3.8, 4) is 0 Å². The van der Waals surface area contributed by atoms with Gasteiger partial charge in [-0.25, -0.2) is 4.98 Å². The molecule has 2 aromatic carbocycles. The largest absolute Gasteiger partial charge is 0.404 e. The molecule has 1 aromatic heterocycles. The minimum atomic E-state index is -2.62. The quantitative estimate of drug-likeness (QED) is 0.129. The van der Waals surface area contributed by atoms with Gasteiger partial charge in [0.2, 0.25) is 17.7 Å². The van der Waals surface area contributed by atoms with Gasteiger partial charge in [0.25, 0.3) is 8.32 Å². The third-order valence-corrected chi connectivity index (χ3v) is 22.8. The second-order valence-electron chi connectivity index (χ2n) is 22.7. The first-order chi connectivity index (χ1) is 31.0. The number of carbonyl (C=O) groups is 3. The van der Waals surface area contributed by atoms with Gasteiger partial charge in [0, 0.05) is 56.5 Å². The van der Waals surface area contributed by atoms with Crippen molar-refractivity contribution in [3.05, 3.63) is 78.9 Å². The molecule has 11 nitrogen and oxygen atoms in total. The molecule has 354 valence electrons. The number of nitrogens with one attached hydrogen (secondary N) is 3. The molecule has 1 aliphatic heterocycles. The molecule has 0 spiro atoms. The summed E-state index contributed by atoms with van der Waals surface area (Å²) in [4.78, 5) is 51.6. The second-order valence-corrected chi connectivity index (χ2v) is 26.9. The Hall–Kier alpha value is -3.84. The molecule has 11 atom stereocenters. The Morgan fingerprint density at radius 1 is 0.923 bits per heavy atom. The number of amides is 3. The lowest BCUT2D eigenvalue weighted by Gasteiger charge is -2.61. The molecule has 6 unspecified atom stereocenters. The number of hydrogen-bond donors (Lipinski definition) is 4. The minimum absolute atomic E-state index is 0.0172. The van der Waals surface area contributed by atoms with Crippen LogP contribution in [0.3, 0.4) is 0 Å². The summed E-state index contributed by atoms with van der Waals surface area (Å²) in [5.41, 5.74) is 7.77. The van der Waals surface area contributed by atoms with Crippen molar-refractivity contribution in [3.63, 3.8) is 0 Å². The molecule has 4 saturated carbocycles. The van der Waals surface area contributed by atoms with Crippen molar-refractivity contribution in [2.45, 2.75) is 147 Å². The van der Waals surface area contributed by atoms with Crippen LogP contribution in [-0.2, 0) is 25.2 Å². The zero-order valence-corrected chi connectivity index (χ0v) is 41.5. The van der Waals surface area contributed by atoms with Gasteiger partial charge in [0.1, 0.15) is 6.04 Å². The number of likely N-dealkylation sites (tertiary alicyclic amines) is 1. The Kier molecular flexibility index (Phi) is 14.2. The molecule has 5 aliphatic rings. The van der Waals surface area contributed by atoms with E-state index in [1.807, 2.05) is 19.0 Å². The highest BCUT2D eigenvalue weighted by atomic mass is 28.4. The lowest BCUT2D eigenvalue weighted by atomic mass is 9.44. The third kappa shape index (κ3) is 9.52. The predicted molar refractivity (Wildman–Crippen MR) is 261 cm³/mol. The molecular weight excluding hydrogens is 827 g/mol. The summed E-state index contributed by atoms with van der Waals surface area (Å²) in [7, 11) is 1.29. The fraction of sp³-hybridized carbons (Fsp3) is 0.660. The summed E-state index contributed by atoms with van der Waals surface area (Å²) < 4.78 is 7.77. The number of likely N-dealkylation sites (N-methyl/N-ethyl adjacent to an activating group) is 1. The maximum atomic E-state index is 13.8. The van der Waals surface area contributed by atoms with Crippen LogP contribution in [0.25, 0.3) is 0 Å². The van der Waals surface area contributed by atoms with Gasteiger partial charge in [-0.2, -0.15) is 0 Å². The lowest BCUT2D eigenvalue weighted by molar-refractivity contribution is -0.139. The summed E-state index contributed by atoms with van der Waals surface area (Å²) in [6.07, 6.45) is 16.7. The summed E-state index contributed by atoms with van der Waals surface area (Å²) >= 11 is 0. The number of H-pyrrole nitrogens is 1. The van der Waals surface area contributed by atoms with Crippen LogP contribution in [0, 0.1) is 40.4 Å². The van der Waals surface area contributed by atoms with Crippen molar-refractivity contribution >= 4 is 36.4 Å². The number of nitrogens with two attached hydrogens (primary N) is 1. The molecule has 0 bridgehead atoms. The highest BCUT2D eigenvalue weighted by Crippen LogP contribution is 2.68. The Morgan fingerprint density at radius 2 is 1.60 bits per heavy atom. The lowest BCUT2D eigenvalue weighted by Crippen LogP contribution is -2.68. The van der Waals surface area contributed by atoms with Crippen molar-refractivity contribution in [2.75, 3.05) is 33.7 Å². The molecule has 5 fully saturated rings. The molecule has 12 heteroatoms. The minimum Gasteiger partial charge on any atom is -0.404 e. The van der Waals surface area contributed by atoms with E-state index in [0.717, 1.165) is 36.8 Å². The highest BCUT2D eigenvalue weighted by Gasteiger charge is 2.61. The van der Waals surface area contributed by atoms with Gasteiger partial charge in [-0.1, -0.05) is 95.3 Å². The van der Waals surface area contributed by atoms with Crippen LogP contribution in [0.2, 0.25) is 5.04 Å².